The molecule has 0 saturated carbocycles. The van der Waals surface area contributed by atoms with Crippen molar-refractivity contribution in [1.82, 2.24) is 30.9 Å². The standard InChI is InChI=1S/C37H63BrN6O6S/c1-32(2,3)50-29(46)24(36(10,11)38)18-33(4,5)35(8,9)30(47)37(12,13)49-22-34(6,7)44-20-23(42-43-44)19-39-27(45)17-15-14-16-26-28-25(21-51-26)40-31(48)41-28/h20,24-26,28H,14-19,21-22H2,1-13H3,(H,39,45)(H2,40,41,48). The lowest BCUT2D eigenvalue weighted by Gasteiger charge is -2.47. The highest BCUT2D eigenvalue weighted by Crippen LogP contribution is 2.49. The maximum absolute atomic E-state index is 14.2. The Labute approximate surface area is 318 Å². The lowest BCUT2D eigenvalue weighted by Crippen LogP contribution is -2.53. The number of ether oxygens (including phenoxy) is 2. The van der Waals surface area contributed by atoms with Crippen molar-refractivity contribution in [2.75, 3.05) is 12.4 Å². The van der Waals surface area contributed by atoms with Crippen LogP contribution in [-0.4, -0.2) is 83.9 Å². The van der Waals surface area contributed by atoms with Crippen molar-refractivity contribution in [2.24, 2.45) is 16.7 Å². The molecule has 2 fully saturated rings. The summed E-state index contributed by atoms with van der Waals surface area (Å²) >= 11 is 5.59. The van der Waals surface area contributed by atoms with Crippen LogP contribution < -0.4 is 16.0 Å². The maximum Gasteiger partial charge on any atom is 0.315 e. The second-order valence-electron chi connectivity index (χ2n) is 18.1. The van der Waals surface area contributed by atoms with Gasteiger partial charge in [0.25, 0.3) is 0 Å². The van der Waals surface area contributed by atoms with Crippen LogP contribution in [0.3, 0.4) is 0 Å². The molecule has 14 heteroatoms. The third-order valence-electron chi connectivity index (χ3n) is 10.5. The minimum absolute atomic E-state index is 0.0390. The molecule has 12 nitrogen and oxygen atoms in total. The first-order valence-electron chi connectivity index (χ1n) is 18.1. The Bertz CT molecular complexity index is 1410. The number of halogens is 1. The molecule has 51 heavy (non-hydrogen) atoms. The van der Waals surface area contributed by atoms with Crippen LogP contribution in [0, 0.1) is 16.7 Å². The first-order chi connectivity index (χ1) is 23.2. The Hall–Kier alpha value is -2.19. The van der Waals surface area contributed by atoms with Gasteiger partial charge in [0.15, 0.2) is 5.78 Å². The molecule has 0 bridgehead atoms. The van der Waals surface area contributed by atoms with Gasteiger partial charge < -0.3 is 25.4 Å². The van der Waals surface area contributed by atoms with Gasteiger partial charge in [0.2, 0.25) is 5.91 Å². The zero-order valence-electron chi connectivity index (χ0n) is 33.1. The van der Waals surface area contributed by atoms with E-state index in [9.17, 15) is 19.2 Å². The van der Waals surface area contributed by atoms with Gasteiger partial charge in [-0.1, -0.05) is 55.3 Å². The Kier molecular flexibility index (Phi) is 13.6. The molecule has 3 heterocycles. The number of Topliss-reactive ketones (excluding diaryl/α,β-unsaturated/α-hetero) is 1. The summed E-state index contributed by atoms with van der Waals surface area (Å²) in [6.45, 7) is 25.3. The van der Waals surface area contributed by atoms with E-state index >= 15 is 0 Å². The van der Waals surface area contributed by atoms with Crippen LogP contribution >= 0.6 is 27.7 Å². The number of carbonyl (C=O) groups excluding carboxylic acids is 4. The average molecular weight is 800 g/mol. The number of urea groups is 1. The predicted octanol–water partition coefficient (Wildman–Crippen LogP) is 6.29. The summed E-state index contributed by atoms with van der Waals surface area (Å²) in [7, 11) is 0. The van der Waals surface area contributed by atoms with Crippen LogP contribution in [0.5, 0.6) is 0 Å². The zero-order chi connectivity index (χ0) is 38.8. The van der Waals surface area contributed by atoms with E-state index in [4.69, 9.17) is 9.47 Å². The molecular formula is C37H63BrN6O6S. The Morgan fingerprint density at radius 1 is 1.02 bits per heavy atom. The quantitative estimate of drug-likeness (QED) is 0.0673. The summed E-state index contributed by atoms with van der Waals surface area (Å²) < 4.78 is 13.3. The number of esters is 1. The number of unbranched alkanes of at least 4 members (excludes halogenated alkanes) is 1. The minimum atomic E-state index is -1.14. The summed E-state index contributed by atoms with van der Waals surface area (Å²) in [5.74, 6) is 0.0414. The Balaban J connectivity index is 1.52. The van der Waals surface area contributed by atoms with Gasteiger partial charge in [-0.3, -0.25) is 14.4 Å². The maximum atomic E-state index is 14.2. The number of fused-ring (bicyclic) bond motifs is 1. The van der Waals surface area contributed by atoms with E-state index in [1.165, 1.54) is 0 Å². The summed E-state index contributed by atoms with van der Waals surface area (Å²) in [6, 6.07) is 0.312. The number of nitrogens with one attached hydrogen (secondary N) is 3. The fourth-order valence-electron chi connectivity index (χ4n) is 6.52. The molecule has 2 saturated heterocycles. The van der Waals surface area contributed by atoms with Crippen molar-refractivity contribution in [3.05, 3.63) is 11.9 Å². The molecular weight excluding hydrogens is 736 g/mol. The summed E-state index contributed by atoms with van der Waals surface area (Å²) in [6.07, 6.45) is 5.31. The number of thioether (sulfide) groups is 1. The molecule has 1 aromatic heterocycles. The lowest BCUT2D eigenvalue weighted by molar-refractivity contribution is -0.167. The first-order valence-corrected chi connectivity index (χ1v) is 20.0. The number of carbonyl (C=O) groups is 4. The van der Waals surface area contributed by atoms with E-state index in [0.29, 0.717) is 23.8 Å². The Morgan fingerprint density at radius 2 is 1.67 bits per heavy atom. The van der Waals surface area contributed by atoms with E-state index in [2.05, 4.69) is 42.2 Å². The van der Waals surface area contributed by atoms with Crippen molar-refractivity contribution < 1.29 is 28.7 Å². The molecule has 3 rings (SSSR count). The monoisotopic (exact) mass is 798 g/mol. The Morgan fingerprint density at radius 3 is 2.27 bits per heavy atom. The van der Waals surface area contributed by atoms with Gasteiger partial charge in [0, 0.05) is 27.2 Å². The van der Waals surface area contributed by atoms with Gasteiger partial charge in [-0.15, -0.1) is 5.10 Å². The smallest absolute Gasteiger partial charge is 0.315 e. The second-order valence-corrected chi connectivity index (χ2v) is 21.4. The molecule has 0 aromatic carbocycles. The summed E-state index contributed by atoms with van der Waals surface area (Å²) in [5.41, 5.74) is -3.23. The predicted molar refractivity (Wildman–Crippen MR) is 205 cm³/mol. The molecule has 2 aliphatic heterocycles. The molecule has 2 aliphatic rings. The SMILES string of the molecule is CC(C)(C)OC(=O)C(CC(C)(C)C(C)(C)C(=O)C(C)(C)OCC(C)(C)n1cc(CNC(=O)CCCCC2SCC3NC(=O)NC32)nn1)C(C)(C)Br. The van der Waals surface area contributed by atoms with E-state index in [1.807, 2.05) is 87.9 Å². The molecule has 0 spiro atoms. The van der Waals surface area contributed by atoms with Crippen molar-refractivity contribution in [1.29, 1.82) is 0 Å². The summed E-state index contributed by atoms with van der Waals surface area (Å²) in [4.78, 5) is 51.7. The number of rotatable bonds is 18. The van der Waals surface area contributed by atoms with Gasteiger partial charge in [0.05, 0.1) is 42.9 Å². The van der Waals surface area contributed by atoms with Gasteiger partial charge in [-0.2, -0.15) is 11.8 Å². The fourth-order valence-corrected chi connectivity index (χ4v) is 8.41. The fraction of sp³-hybridized carbons (Fsp3) is 0.838. The molecule has 3 N–H and O–H groups in total. The summed E-state index contributed by atoms with van der Waals surface area (Å²) in [5, 5.41) is 17.9. The molecule has 0 radical (unpaired) electrons. The van der Waals surface area contributed by atoms with E-state index in [0.717, 1.165) is 25.0 Å². The molecule has 0 aliphatic carbocycles. The van der Waals surface area contributed by atoms with E-state index in [-0.39, 0.29) is 48.9 Å². The van der Waals surface area contributed by atoms with Gasteiger partial charge >= 0.3 is 12.0 Å². The van der Waals surface area contributed by atoms with Gasteiger partial charge in [-0.25, -0.2) is 9.48 Å². The van der Waals surface area contributed by atoms with Gasteiger partial charge in [-0.05, 0) is 87.0 Å². The van der Waals surface area contributed by atoms with Crippen LogP contribution in [0.25, 0.3) is 0 Å². The van der Waals surface area contributed by atoms with Crippen LogP contribution in [0.4, 0.5) is 4.79 Å². The second kappa shape index (κ2) is 16.0. The van der Waals surface area contributed by atoms with Crippen molar-refractivity contribution in [3.8, 4) is 0 Å². The minimum Gasteiger partial charge on any atom is -0.460 e. The van der Waals surface area contributed by atoms with Crippen LogP contribution in [-0.2, 0) is 35.9 Å². The number of aromatic nitrogens is 3. The lowest BCUT2D eigenvalue weighted by atomic mass is 9.59. The largest absolute Gasteiger partial charge is 0.460 e. The topological polar surface area (TPSA) is 154 Å². The van der Waals surface area contributed by atoms with E-state index < -0.39 is 37.8 Å². The molecule has 1 aromatic rings. The van der Waals surface area contributed by atoms with Crippen molar-refractivity contribution in [3.63, 3.8) is 0 Å². The molecule has 4 atom stereocenters. The third kappa shape index (κ3) is 11.4. The van der Waals surface area contributed by atoms with Crippen LogP contribution in [0.1, 0.15) is 128 Å². The number of amides is 3. The van der Waals surface area contributed by atoms with Crippen LogP contribution in [0.15, 0.2) is 6.20 Å². The number of ketones is 1. The number of hydrogen-bond donors (Lipinski definition) is 3. The van der Waals surface area contributed by atoms with Crippen molar-refractivity contribution >= 4 is 51.4 Å². The zero-order valence-corrected chi connectivity index (χ0v) is 35.5. The first kappa shape index (κ1) is 43.2. The van der Waals surface area contributed by atoms with Crippen LogP contribution in [0.2, 0.25) is 0 Å². The molecule has 4 unspecified atom stereocenters. The highest BCUT2D eigenvalue weighted by Gasteiger charge is 2.52. The van der Waals surface area contributed by atoms with Crippen molar-refractivity contribution in [2.45, 2.75) is 167 Å². The highest BCUT2D eigenvalue weighted by molar-refractivity contribution is 9.10. The number of nitrogens with zero attached hydrogens (tertiary/aromatic N) is 3. The average Bonchev–Trinajstić information content (AvgIpc) is 3.71. The molecule has 3 amide bonds. The molecule has 290 valence electrons. The third-order valence-corrected chi connectivity index (χ3v) is 12.6. The highest BCUT2D eigenvalue weighted by atomic mass is 79.9. The number of hydrogen-bond acceptors (Lipinski definition) is 9. The number of alkyl halides is 1. The normalized spacial score (nSPS) is 20.7. The van der Waals surface area contributed by atoms with Gasteiger partial charge in [0.1, 0.15) is 16.9 Å². The van der Waals surface area contributed by atoms with E-state index in [1.54, 1.807) is 24.7 Å².